The van der Waals surface area contributed by atoms with E-state index in [1.54, 1.807) is 11.9 Å². The Labute approximate surface area is 101 Å². The summed E-state index contributed by atoms with van der Waals surface area (Å²) in [6.07, 6.45) is 0. The van der Waals surface area contributed by atoms with E-state index in [0.29, 0.717) is 5.82 Å². The van der Waals surface area contributed by atoms with E-state index in [4.69, 9.17) is 17.3 Å². The van der Waals surface area contributed by atoms with Gasteiger partial charge in [-0.3, -0.25) is 4.79 Å². The molecular formula is C9H9ClN4OS. The predicted molar refractivity (Wildman–Crippen MR) is 64.9 cm³/mol. The average molecular weight is 257 g/mol. The number of halogens is 1. The maximum atomic E-state index is 10.8. The summed E-state index contributed by atoms with van der Waals surface area (Å²) < 4.78 is 0. The molecule has 7 heteroatoms. The number of rotatable bonds is 3. The second kappa shape index (κ2) is 4.23. The number of fused-ring (bicyclic) bond motifs is 1. The second-order valence-corrected chi connectivity index (χ2v) is 4.51. The fourth-order valence-electron chi connectivity index (χ4n) is 1.41. The van der Waals surface area contributed by atoms with Crippen molar-refractivity contribution in [3.63, 3.8) is 0 Å². The van der Waals surface area contributed by atoms with Crippen LogP contribution in [0, 0.1) is 0 Å². The summed E-state index contributed by atoms with van der Waals surface area (Å²) in [5.74, 6) is 0.204. The van der Waals surface area contributed by atoms with Crippen molar-refractivity contribution in [2.45, 2.75) is 0 Å². The van der Waals surface area contributed by atoms with Gasteiger partial charge in [0.15, 0.2) is 0 Å². The molecule has 0 fully saturated rings. The van der Waals surface area contributed by atoms with Gasteiger partial charge in [-0.1, -0.05) is 0 Å². The number of likely N-dealkylation sites (N-methyl/N-ethyl adjacent to an activating group) is 1. The first kappa shape index (κ1) is 11.1. The first-order valence-electron chi connectivity index (χ1n) is 4.48. The van der Waals surface area contributed by atoms with Gasteiger partial charge in [-0.05, 0) is 23.0 Å². The zero-order valence-corrected chi connectivity index (χ0v) is 10.0. The Balaban J connectivity index is 2.49. The van der Waals surface area contributed by atoms with E-state index < -0.39 is 5.91 Å². The van der Waals surface area contributed by atoms with E-state index in [1.165, 1.54) is 11.3 Å². The molecule has 0 aliphatic rings. The molecule has 0 unspecified atom stereocenters. The number of carbonyl (C=O) groups is 1. The lowest BCUT2D eigenvalue weighted by molar-refractivity contribution is -0.116. The summed E-state index contributed by atoms with van der Waals surface area (Å²) in [7, 11) is 1.74. The highest BCUT2D eigenvalue weighted by atomic mass is 35.5. The number of amides is 1. The van der Waals surface area contributed by atoms with Gasteiger partial charge in [0.25, 0.3) is 0 Å². The zero-order valence-electron chi connectivity index (χ0n) is 8.48. The molecule has 2 aromatic heterocycles. The van der Waals surface area contributed by atoms with Crippen molar-refractivity contribution < 1.29 is 4.79 Å². The quantitative estimate of drug-likeness (QED) is 0.840. The minimum atomic E-state index is -0.416. The molecule has 1 amide bonds. The van der Waals surface area contributed by atoms with E-state index in [9.17, 15) is 4.79 Å². The number of hydrogen-bond acceptors (Lipinski definition) is 5. The van der Waals surface area contributed by atoms with Gasteiger partial charge in [0.1, 0.15) is 10.6 Å². The number of thiophene rings is 1. The Kier molecular flexibility index (Phi) is 2.93. The van der Waals surface area contributed by atoms with Gasteiger partial charge in [0.05, 0.1) is 11.9 Å². The van der Waals surface area contributed by atoms with Crippen molar-refractivity contribution >= 4 is 44.9 Å². The summed E-state index contributed by atoms with van der Waals surface area (Å²) in [5.41, 5.74) is 5.13. The van der Waals surface area contributed by atoms with E-state index in [1.807, 2.05) is 11.4 Å². The average Bonchev–Trinajstić information content (AvgIpc) is 2.62. The molecule has 84 valence electrons. The molecule has 2 N–H and O–H groups in total. The molecule has 0 atom stereocenters. The van der Waals surface area contributed by atoms with E-state index in [2.05, 4.69) is 9.97 Å². The fraction of sp³-hybridized carbons (Fsp3) is 0.222. The number of nitrogens with two attached hydrogens (primary N) is 1. The molecule has 0 aliphatic heterocycles. The number of aromatic nitrogens is 2. The number of primary amides is 1. The van der Waals surface area contributed by atoms with Gasteiger partial charge < -0.3 is 10.6 Å². The summed E-state index contributed by atoms with van der Waals surface area (Å²) in [6.45, 7) is 0.0955. The van der Waals surface area contributed by atoms with Crippen LogP contribution in [-0.2, 0) is 4.79 Å². The largest absolute Gasteiger partial charge is 0.368 e. The van der Waals surface area contributed by atoms with Crippen LogP contribution >= 0.6 is 22.9 Å². The first-order valence-corrected chi connectivity index (χ1v) is 5.74. The second-order valence-electron chi connectivity index (χ2n) is 3.28. The number of hydrogen-bond donors (Lipinski definition) is 1. The molecule has 0 aliphatic carbocycles. The third-order valence-corrected chi connectivity index (χ3v) is 3.01. The Bertz CT molecular complexity index is 541. The van der Waals surface area contributed by atoms with Crippen molar-refractivity contribution in [3.8, 4) is 0 Å². The van der Waals surface area contributed by atoms with Gasteiger partial charge in [-0.2, -0.15) is 4.98 Å². The van der Waals surface area contributed by atoms with E-state index in [-0.39, 0.29) is 11.8 Å². The maximum absolute atomic E-state index is 10.8. The summed E-state index contributed by atoms with van der Waals surface area (Å²) in [4.78, 5) is 21.5. The SMILES string of the molecule is CN(CC(N)=O)c1nc(Cl)nc2sccc12. The zero-order chi connectivity index (χ0) is 11.7. The maximum Gasteiger partial charge on any atom is 0.236 e. The lowest BCUT2D eigenvalue weighted by atomic mass is 10.3. The van der Waals surface area contributed by atoms with Gasteiger partial charge in [0.2, 0.25) is 11.2 Å². The third-order valence-electron chi connectivity index (χ3n) is 2.03. The smallest absolute Gasteiger partial charge is 0.236 e. The Morgan fingerprint density at radius 2 is 2.38 bits per heavy atom. The molecule has 2 aromatic rings. The first-order chi connectivity index (χ1) is 7.58. The van der Waals surface area contributed by atoms with Crippen molar-refractivity contribution in [3.05, 3.63) is 16.7 Å². The number of carbonyl (C=O) groups excluding carboxylic acids is 1. The molecule has 0 spiro atoms. The molecule has 2 heterocycles. The van der Waals surface area contributed by atoms with Crippen molar-refractivity contribution in [2.75, 3.05) is 18.5 Å². The van der Waals surface area contributed by atoms with Crippen molar-refractivity contribution in [2.24, 2.45) is 5.73 Å². The van der Waals surface area contributed by atoms with Crippen LogP contribution in [0.3, 0.4) is 0 Å². The lowest BCUT2D eigenvalue weighted by Gasteiger charge is -2.16. The van der Waals surface area contributed by atoms with Crippen LogP contribution in [0.5, 0.6) is 0 Å². The van der Waals surface area contributed by atoms with Gasteiger partial charge in [-0.25, -0.2) is 4.98 Å². The molecule has 0 aromatic carbocycles. The Morgan fingerprint density at radius 1 is 1.62 bits per heavy atom. The highest BCUT2D eigenvalue weighted by molar-refractivity contribution is 7.16. The lowest BCUT2D eigenvalue weighted by Crippen LogP contribution is -2.31. The summed E-state index contributed by atoms with van der Waals surface area (Å²) in [6, 6.07) is 1.89. The Hall–Kier alpha value is -1.40. The van der Waals surface area contributed by atoms with Gasteiger partial charge in [-0.15, -0.1) is 11.3 Å². The molecule has 2 rings (SSSR count). The Morgan fingerprint density at radius 3 is 3.06 bits per heavy atom. The highest BCUT2D eigenvalue weighted by Gasteiger charge is 2.13. The predicted octanol–water partition coefficient (Wildman–Crippen LogP) is 1.27. The minimum absolute atomic E-state index is 0.0955. The van der Waals surface area contributed by atoms with Gasteiger partial charge >= 0.3 is 0 Å². The molecule has 16 heavy (non-hydrogen) atoms. The standard InChI is InChI=1S/C9H9ClN4OS/c1-14(4-6(11)15)7-5-2-3-16-8(5)13-9(10)12-7/h2-3H,4H2,1H3,(H2,11,15). The topological polar surface area (TPSA) is 72.1 Å². The van der Waals surface area contributed by atoms with E-state index in [0.717, 1.165) is 10.2 Å². The van der Waals surface area contributed by atoms with Crippen LogP contribution < -0.4 is 10.6 Å². The monoisotopic (exact) mass is 256 g/mol. The van der Waals surface area contributed by atoms with Gasteiger partial charge in [0, 0.05) is 7.05 Å². The van der Waals surface area contributed by atoms with E-state index >= 15 is 0 Å². The fourth-order valence-corrected chi connectivity index (χ4v) is 2.39. The molecule has 0 radical (unpaired) electrons. The normalized spacial score (nSPS) is 10.6. The minimum Gasteiger partial charge on any atom is -0.368 e. The molecule has 0 saturated carbocycles. The van der Waals surface area contributed by atoms with Crippen molar-refractivity contribution in [1.29, 1.82) is 0 Å². The van der Waals surface area contributed by atoms with Crippen LogP contribution in [0.2, 0.25) is 5.28 Å². The molecule has 5 nitrogen and oxygen atoms in total. The van der Waals surface area contributed by atoms with Crippen LogP contribution in [-0.4, -0.2) is 29.5 Å². The number of nitrogens with zero attached hydrogens (tertiary/aromatic N) is 3. The highest BCUT2D eigenvalue weighted by Crippen LogP contribution is 2.28. The summed E-state index contributed by atoms with van der Waals surface area (Å²) in [5, 5.41) is 2.94. The molecule has 0 saturated heterocycles. The van der Waals surface area contributed by atoms with Crippen molar-refractivity contribution in [1.82, 2.24) is 9.97 Å². The van der Waals surface area contributed by atoms with Crippen LogP contribution in [0.1, 0.15) is 0 Å². The van der Waals surface area contributed by atoms with Crippen LogP contribution in [0.4, 0.5) is 5.82 Å². The van der Waals surface area contributed by atoms with Crippen LogP contribution in [0.25, 0.3) is 10.2 Å². The summed E-state index contributed by atoms with van der Waals surface area (Å²) >= 11 is 7.28. The third kappa shape index (κ3) is 2.07. The number of anilines is 1. The molecule has 0 bridgehead atoms. The van der Waals surface area contributed by atoms with Crippen LogP contribution in [0.15, 0.2) is 11.4 Å². The molecular weight excluding hydrogens is 248 g/mol.